The number of rotatable bonds is 3. The van der Waals surface area contributed by atoms with Gasteiger partial charge in [0.2, 0.25) is 0 Å². The first kappa shape index (κ1) is 11.3. The molecule has 1 aromatic rings. The van der Waals surface area contributed by atoms with E-state index in [0.29, 0.717) is 23.7 Å². The van der Waals surface area contributed by atoms with E-state index in [0.717, 1.165) is 10.2 Å². The average Bonchev–Trinajstić information content (AvgIpc) is 2.20. The number of aromatic nitrogens is 1. The van der Waals surface area contributed by atoms with Crippen molar-refractivity contribution in [3.8, 4) is 11.5 Å². The molecule has 0 unspecified atom stereocenters. The van der Waals surface area contributed by atoms with Crippen LogP contribution < -0.4 is 15.2 Å². The van der Waals surface area contributed by atoms with Gasteiger partial charge in [-0.1, -0.05) is 0 Å². The molecular formula is C9H13BrN2O2. The standard InChI is InChI=1S/C9H13BrN2O2/c1-5-7(10)9(14-3)8(13-2)6(4-11)12-5/h4,11H2,1-3H3. The lowest BCUT2D eigenvalue weighted by Gasteiger charge is -2.14. The van der Waals surface area contributed by atoms with Gasteiger partial charge >= 0.3 is 0 Å². The van der Waals surface area contributed by atoms with Crippen molar-refractivity contribution in [1.29, 1.82) is 0 Å². The van der Waals surface area contributed by atoms with E-state index in [1.807, 2.05) is 6.92 Å². The largest absolute Gasteiger partial charge is 0.492 e. The summed E-state index contributed by atoms with van der Waals surface area (Å²) in [5.41, 5.74) is 7.09. The fourth-order valence-corrected chi connectivity index (χ4v) is 1.66. The minimum atomic E-state index is 0.327. The molecule has 0 aromatic carbocycles. The van der Waals surface area contributed by atoms with Crippen LogP contribution in [-0.2, 0) is 6.54 Å². The van der Waals surface area contributed by atoms with Crippen LogP contribution in [0.5, 0.6) is 11.5 Å². The summed E-state index contributed by atoms with van der Waals surface area (Å²) in [6.45, 7) is 2.21. The van der Waals surface area contributed by atoms with E-state index in [1.54, 1.807) is 14.2 Å². The highest BCUT2D eigenvalue weighted by Crippen LogP contribution is 2.38. The van der Waals surface area contributed by atoms with Crippen LogP contribution >= 0.6 is 15.9 Å². The lowest BCUT2D eigenvalue weighted by molar-refractivity contribution is 0.347. The third-order valence-corrected chi connectivity index (χ3v) is 2.82. The van der Waals surface area contributed by atoms with Gasteiger partial charge in [0, 0.05) is 6.54 Å². The molecule has 0 amide bonds. The Labute approximate surface area is 91.5 Å². The van der Waals surface area contributed by atoms with Crippen molar-refractivity contribution in [2.45, 2.75) is 13.5 Å². The van der Waals surface area contributed by atoms with Gasteiger partial charge in [0.1, 0.15) is 5.69 Å². The number of hydrogen-bond acceptors (Lipinski definition) is 4. The molecule has 0 aliphatic heterocycles. The molecule has 0 bridgehead atoms. The van der Waals surface area contributed by atoms with Crippen LogP contribution in [0.15, 0.2) is 4.47 Å². The van der Waals surface area contributed by atoms with Gasteiger partial charge in [-0.25, -0.2) is 0 Å². The SMILES string of the molecule is COc1c(CN)nc(C)c(Br)c1OC. The highest BCUT2D eigenvalue weighted by molar-refractivity contribution is 9.10. The minimum absolute atomic E-state index is 0.327. The molecule has 0 aliphatic rings. The zero-order valence-electron chi connectivity index (χ0n) is 8.43. The van der Waals surface area contributed by atoms with Crippen molar-refractivity contribution in [3.63, 3.8) is 0 Å². The molecule has 1 aromatic heterocycles. The summed E-state index contributed by atoms with van der Waals surface area (Å²) >= 11 is 3.39. The van der Waals surface area contributed by atoms with Gasteiger partial charge in [-0.15, -0.1) is 0 Å². The van der Waals surface area contributed by atoms with E-state index in [9.17, 15) is 0 Å². The molecule has 0 aliphatic carbocycles. The van der Waals surface area contributed by atoms with E-state index < -0.39 is 0 Å². The predicted molar refractivity (Wildman–Crippen MR) is 57.7 cm³/mol. The van der Waals surface area contributed by atoms with Gasteiger partial charge < -0.3 is 15.2 Å². The van der Waals surface area contributed by atoms with Crippen molar-refractivity contribution in [2.75, 3.05) is 14.2 Å². The first-order valence-corrected chi connectivity index (χ1v) is 4.92. The second kappa shape index (κ2) is 4.61. The number of pyridine rings is 1. The van der Waals surface area contributed by atoms with E-state index in [-0.39, 0.29) is 0 Å². The van der Waals surface area contributed by atoms with Crippen LogP contribution in [0.2, 0.25) is 0 Å². The van der Waals surface area contributed by atoms with Crippen LogP contribution in [0.4, 0.5) is 0 Å². The normalized spacial score (nSPS) is 10.1. The van der Waals surface area contributed by atoms with Gasteiger partial charge in [0.15, 0.2) is 11.5 Å². The maximum absolute atomic E-state index is 5.56. The Kier molecular flexibility index (Phi) is 3.71. The molecule has 0 saturated heterocycles. The first-order valence-electron chi connectivity index (χ1n) is 4.12. The molecule has 0 atom stereocenters. The van der Waals surface area contributed by atoms with Crippen LogP contribution in [-0.4, -0.2) is 19.2 Å². The molecule has 5 heteroatoms. The van der Waals surface area contributed by atoms with E-state index in [4.69, 9.17) is 15.2 Å². The van der Waals surface area contributed by atoms with Crippen LogP contribution in [0, 0.1) is 6.92 Å². The van der Waals surface area contributed by atoms with Gasteiger partial charge in [-0.3, -0.25) is 4.98 Å². The summed E-state index contributed by atoms with van der Waals surface area (Å²) in [5, 5.41) is 0. The highest BCUT2D eigenvalue weighted by atomic mass is 79.9. The predicted octanol–water partition coefficient (Wildman–Crippen LogP) is 1.63. The molecule has 78 valence electrons. The lowest BCUT2D eigenvalue weighted by atomic mass is 10.2. The highest BCUT2D eigenvalue weighted by Gasteiger charge is 2.16. The van der Waals surface area contributed by atoms with E-state index in [1.165, 1.54) is 0 Å². The fourth-order valence-electron chi connectivity index (χ4n) is 1.23. The second-order valence-electron chi connectivity index (χ2n) is 2.73. The van der Waals surface area contributed by atoms with E-state index >= 15 is 0 Å². The number of halogens is 1. The fraction of sp³-hybridized carbons (Fsp3) is 0.444. The van der Waals surface area contributed by atoms with Crippen LogP contribution in [0.25, 0.3) is 0 Å². The summed E-state index contributed by atoms with van der Waals surface area (Å²) in [7, 11) is 3.16. The maximum atomic E-state index is 5.56. The molecule has 1 rings (SSSR count). The molecule has 0 spiro atoms. The van der Waals surface area contributed by atoms with Crippen molar-refractivity contribution in [2.24, 2.45) is 5.73 Å². The molecule has 0 saturated carbocycles. The Balaban J connectivity index is 3.42. The number of nitrogens with two attached hydrogens (primary N) is 1. The third kappa shape index (κ3) is 1.83. The topological polar surface area (TPSA) is 57.4 Å². The molecule has 0 fully saturated rings. The second-order valence-corrected chi connectivity index (χ2v) is 3.52. The Hall–Kier alpha value is -0.810. The Bertz CT molecular complexity index is 342. The summed E-state index contributed by atoms with van der Waals surface area (Å²) in [6.07, 6.45) is 0. The molecule has 14 heavy (non-hydrogen) atoms. The number of nitrogens with zero attached hydrogens (tertiary/aromatic N) is 1. The molecule has 1 heterocycles. The minimum Gasteiger partial charge on any atom is -0.492 e. The number of methoxy groups -OCH3 is 2. The van der Waals surface area contributed by atoms with Crippen LogP contribution in [0.3, 0.4) is 0 Å². The number of aryl methyl sites for hydroxylation is 1. The number of ether oxygens (including phenoxy) is 2. The van der Waals surface area contributed by atoms with Gasteiger partial charge in [0.25, 0.3) is 0 Å². The quantitative estimate of drug-likeness (QED) is 0.898. The van der Waals surface area contributed by atoms with E-state index in [2.05, 4.69) is 20.9 Å². The number of hydrogen-bond donors (Lipinski definition) is 1. The summed E-state index contributed by atoms with van der Waals surface area (Å²) < 4.78 is 11.2. The Morgan fingerprint density at radius 1 is 1.29 bits per heavy atom. The molecular weight excluding hydrogens is 248 g/mol. The van der Waals surface area contributed by atoms with Crippen LogP contribution in [0.1, 0.15) is 11.4 Å². The van der Waals surface area contributed by atoms with Crippen molar-refractivity contribution >= 4 is 15.9 Å². The average molecular weight is 261 g/mol. The Morgan fingerprint density at radius 2 is 1.86 bits per heavy atom. The molecule has 4 nitrogen and oxygen atoms in total. The third-order valence-electron chi connectivity index (χ3n) is 1.89. The van der Waals surface area contributed by atoms with Gasteiger partial charge in [0.05, 0.1) is 24.4 Å². The van der Waals surface area contributed by atoms with Gasteiger partial charge in [-0.2, -0.15) is 0 Å². The Morgan fingerprint density at radius 3 is 2.29 bits per heavy atom. The smallest absolute Gasteiger partial charge is 0.184 e. The summed E-state index contributed by atoms with van der Waals surface area (Å²) in [4.78, 5) is 4.29. The summed E-state index contributed by atoms with van der Waals surface area (Å²) in [5.74, 6) is 1.23. The maximum Gasteiger partial charge on any atom is 0.184 e. The lowest BCUT2D eigenvalue weighted by Crippen LogP contribution is -2.06. The molecule has 2 N–H and O–H groups in total. The first-order chi connectivity index (χ1) is 6.65. The van der Waals surface area contributed by atoms with Gasteiger partial charge in [-0.05, 0) is 22.9 Å². The van der Waals surface area contributed by atoms with Crippen molar-refractivity contribution in [1.82, 2.24) is 4.98 Å². The molecule has 0 radical (unpaired) electrons. The summed E-state index contributed by atoms with van der Waals surface area (Å²) in [6, 6.07) is 0. The monoisotopic (exact) mass is 260 g/mol. The van der Waals surface area contributed by atoms with Crippen molar-refractivity contribution < 1.29 is 9.47 Å². The zero-order chi connectivity index (χ0) is 10.7. The van der Waals surface area contributed by atoms with Crippen molar-refractivity contribution in [3.05, 3.63) is 15.9 Å². The zero-order valence-corrected chi connectivity index (χ0v) is 10.0.